The number of nitrogens with zero attached hydrogens (tertiary/aromatic N) is 2. The van der Waals surface area contributed by atoms with Gasteiger partial charge in [0.15, 0.2) is 0 Å². The molecule has 0 aliphatic rings. The number of hydrogen-bond donors (Lipinski definition) is 1. The number of imidazole rings is 1. The molecule has 1 atom stereocenters. The Bertz CT molecular complexity index is 849. The highest BCUT2D eigenvalue weighted by atomic mass is 35.5. The van der Waals surface area contributed by atoms with Gasteiger partial charge in [0.05, 0.1) is 5.75 Å². The number of thioether (sulfide) groups is 1. The van der Waals surface area contributed by atoms with E-state index in [0.717, 1.165) is 17.1 Å². The molecule has 4 nitrogen and oxygen atoms in total. The second-order valence-corrected chi connectivity index (χ2v) is 7.35. The molecule has 26 heavy (non-hydrogen) atoms. The number of amides is 1. The van der Waals surface area contributed by atoms with Crippen molar-refractivity contribution in [2.24, 2.45) is 7.05 Å². The van der Waals surface area contributed by atoms with Gasteiger partial charge in [-0.2, -0.15) is 0 Å². The minimum atomic E-state index is -0.308. The van der Waals surface area contributed by atoms with Crippen LogP contribution in [0.3, 0.4) is 0 Å². The molecule has 0 spiro atoms. The first-order chi connectivity index (χ1) is 12.6. The Balaban J connectivity index is 1.66. The highest BCUT2D eigenvalue weighted by Gasteiger charge is 2.20. The summed E-state index contributed by atoms with van der Waals surface area (Å²) in [6.45, 7) is 0. The number of nitrogens with one attached hydrogen (secondary N) is 1. The lowest BCUT2D eigenvalue weighted by molar-refractivity contribution is -0.119. The fourth-order valence-electron chi connectivity index (χ4n) is 2.65. The Morgan fingerprint density at radius 3 is 2.58 bits per heavy atom. The predicted octanol–water partition coefficient (Wildman–Crippen LogP) is 4.21. The van der Waals surface area contributed by atoms with E-state index in [1.165, 1.54) is 5.56 Å². The molecule has 2 aromatic carbocycles. The number of carbonyl (C=O) groups excluding carboxylic acids is 1. The van der Waals surface area contributed by atoms with Crippen LogP contribution in [-0.2, 0) is 17.6 Å². The molecule has 134 valence electrons. The van der Waals surface area contributed by atoms with Crippen LogP contribution < -0.4 is 5.32 Å². The van der Waals surface area contributed by atoms with E-state index in [9.17, 15) is 4.79 Å². The second-order valence-electron chi connectivity index (χ2n) is 5.93. The molecule has 0 saturated heterocycles. The lowest BCUT2D eigenvalue weighted by atomic mass is 10.1. The van der Waals surface area contributed by atoms with Crippen LogP contribution in [0.5, 0.6) is 0 Å². The van der Waals surface area contributed by atoms with Gasteiger partial charge in [0.25, 0.3) is 0 Å². The zero-order chi connectivity index (χ0) is 18.4. The molecule has 1 N–H and O–H groups in total. The van der Waals surface area contributed by atoms with Crippen LogP contribution in [0.2, 0.25) is 5.02 Å². The SMILES string of the molecule is Cn1ccnc1C(NC(=O)CSCc1ccccc1)c1ccc(Cl)cc1. The van der Waals surface area contributed by atoms with Crippen molar-refractivity contribution in [2.45, 2.75) is 11.8 Å². The Morgan fingerprint density at radius 1 is 1.19 bits per heavy atom. The third-order valence-electron chi connectivity index (χ3n) is 3.97. The van der Waals surface area contributed by atoms with E-state index in [1.54, 1.807) is 18.0 Å². The zero-order valence-corrected chi connectivity index (χ0v) is 16.0. The fraction of sp³-hybridized carbons (Fsp3) is 0.200. The summed E-state index contributed by atoms with van der Waals surface area (Å²) in [6, 6.07) is 17.3. The summed E-state index contributed by atoms with van der Waals surface area (Å²) in [7, 11) is 1.92. The molecule has 1 aromatic heterocycles. The molecule has 6 heteroatoms. The molecule has 0 radical (unpaired) electrons. The average Bonchev–Trinajstić information content (AvgIpc) is 3.07. The van der Waals surface area contributed by atoms with Crippen molar-refractivity contribution in [1.29, 1.82) is 0 Å². The van der Waals surface area contributed by atoms with E-state index in [2.05, 4.69) is 22.4 Å². The van der Waals surface area contributed by atoms with Crippen LogP contribution in [0.15, 0.2) is 67.0 Å². The van der Waals surface area contributed by atoms with E-state index in [-0.39, 0.29) is 11.9 Å². The van der Waals surface area contributed by atoms with Crippen molar-refractivity contribution in [3.8, 4) is 0 Å². The summed E-state index contributed by atoms with van der Waals surface area (Å²) in [4.78, 5) is 16.9. The lowest BCUT2D eigenvalue weighted by Gasteiger charge is -2.19. The van der Waals surface area contributed by atoms with Gasteiger partial charge in [0.2, 0.25) is 5.91 Å². The van der Waals surface area contributed by atoms with Crippen molar-refractivity contribution in [1.82, 2.24) is 14.9 Å². The molecular formula is C20H20ClN3OS. The largest absolute Gasteiger partial charge is 0.341 e. The predicted molar refractivity (Wildman–Crippen MR) is 107 cm³/mol. The number of aryl methyl sites for hydroxylation is 1. The molecular weight excluding hydrogens is 366 g/mol. The van der Waals surface area contributed by atoms with Gasteiger partial charge in [0, 0.05) is 30.2 Å². The van der Waals surface area contributed by atoms with Gasteiger partial charge in [-0.25, -0.2) is 4.98 Å². The quantitative estimate of drug-likeness (QED) is 0.662. The number of hydrogen-bond acceptors (Lipinski definition) is 3. The number of benzene rings is 2. The topological polar surface area (TPSA) is 46.9 Å². The van der Waals surface area contributed by atoms with Gasteiger partial charge in [-0.05, 0) is 23.3 Å². The van der Waals surface area contributed by atoms with Crippen molar-refractivity contribution in [3.63, 3.8) is 0 Å². The highest BCUT2D eigenvalue weighted by Crippen LogP contribution is 2.22. The van der Waals surface area contributed by atoms with E-state index in [0.29, 0.717) is 10.8 Å². The summed E-state index contributed by atoms with van der Waals surface area (Å²) in [6.07, 6.45) is 3.60. The third kappa shape index (κ3) is 4.90. The summed E-state index contributed by atoms with van der Waals surface area (Å²) >= 11 is 7.59. The third-order valence-corrected chi connectivity index (χ3v) is 5.23. The summed E-state index contributed by atoms with van der Waals surface area (Å²) in [5, 5.41) is 3.76. The lowest BCUT2D eigenvalue weighted by Crippen LogP contribution is -2.32. The average molecular weight is 386 g/mol. The van der Waals surface area contributed by atoms with Crippen LogP contribution in [0.1, 0.15) is 23.0 Å². The van der Waals surface area contributed by atoms with Crippen LogP contribution in [0, 0.1) is 0 Å². The zero-order valence-electron chi connectivity index (χ0n) is 14.4. The van der Waals surface area contributed by atoms with Gasteiger partial charge < -0.3 is 9.88 Å². The van der Waals surface area contributed by atoms with Crippen LogP contribution in [0.25, 0.3) is 0 Å². The Kier molecular flexibility index (Phi) is 6.36. The summed E-state index contributed by atoms with van der Waals surface area (Å²) < 4.78 is 1.91. The van der Waals surface area contributed by atoms with Crippen molar-refractivity contribution >= 4 is 29.3 Å². The minimum Gasteiger partial charge on any atom is -0.341 e. The smallest absolute Gasteiger partial charge is 0.230 e. The number of aromatic nitrogens is 2. The van der Waals surface area contributed by atoms with Crippen molar-refractivity contribution < 1.29 is 4.79 Å². The normalized spacial score (nSPS) is 11.9. The van der Waals surface area contributed by atoms with Gasteiger partial charge in [0.1, 0.15) is 11.9 Å². The molecule has 1 heterocycles. The van der Waals surface area contributed by atoms with Gasteiger partial charge in [-0.15, -0.1) is 11.8 Å². The monoisotopic (exact) mass is 385 g/mol. The van der Waals surface area contributed by atoms with E-state index < -0.39 is 0 Å². The van der Waals surface area contributed by atoms with Gasteiger partial charge >= 0.3 is 0 Å². The van der Waals surface area contributed by atoms with Crippen molar-refractivity contribution in [2.75, 3.05) is 5.75 Å². The molecule has 1 amide bonds. The molecule has 0 aliphatic carbocycles. The molecule has 3 aromatic rings. The Hall–Kier alpha value is -2.24. The molecule has 0 aliphatic heterocycles. The highest BCUT2D eigenvalue weighted by molar-refractivity contribution is 7.99. The molecule has 3 rings (SSSR count). The van der Waals surface area contributed by atoms with Gasteiger partial charge in [-0.3, -0.25) is 4.79 Å². The van der Waals surface area contributed by atoms with Gasteiger partial charge in [-0.1, -0.05) is 54.1 Å². The first-order valence-electron chi connectivity index (χ1n) is 8.27. The summed E-state index contributed by atoms with van der Waals surface area (Å²) in [5.74, 6) is 1.97. The maximum atomic E-state index is 12.5. The van der Waals surface area contributed by atoms with E-state index >= 15 is 0 Å². The maximum absolute atomic E-state index is 12.5. The first-order valence-corrected chi connectivity index (χ1v) is 9.80. The second kappa shape index (κ2) is 8.92. The van der Waals surface area contributed by atoms with Crippen LogP contribution >= 0.6 is 23.4 Å². The number of halogens is 1. The standard InChI is InChI=1S/C20H20ClN3OS/c1-24-12-11-22-20(24)19(16-7-9-17(21)10-8-16)23-18(25)14-26-13-15-5-3-2-4-6-15/h2-12,19H,13-14H2,1H3,(H,23,25). The molecule has 0 saturated carbocycles. The van der Waals surface area contributed by atoms with Crippen LogP contribution in [0.4, 0.5) is 0 Å². The number of rotatable bonds is 7. The Morgan fingerprint density at radius 2 is 1.92 bits per heavy atom. The molecule has 0 fully saturated rings. The Labute approximate surface area is 162 Å². The summed E-state index contributed by atoms with van der Waals surface area (Å²) in [5.41, 5.74) is 2.16. The first kappa shape index (κ1) is 18.5. The van der Waals surface area contributed by atoms with Crippen molar-refractivity contribution in [3.05, 3.63) is 89.0 Å². The van der Waals surface area contributed by atoms with E-state index in [1.807, 2.05) is 60.3 Å². The number of carbonyl (C=O) groups is 1. The maximum Gasteiger partial charge on any atom is 0.230 e. The molecule has 0 bridgehead atoms. The van der Waals surface area contributed by atoms with Crippen LogP contribution in [-0.4, -0.2) is 21.2 Å². The molecule has 1 unspecified atom stereocenters. The minimum absolute atomic E-state index is 0.0196. The van der Waals surface area contributed by atoms with E-state index in [4.69, 9.17) is 11.6 Å². The fourth-order valence-corrected chi connectivity index (χ4v) is 3.57.